The highest BCUT2D eigenvalue weighted by atomic mass is 35.5. The SMILES string of the molecule is CN(C)C(=O)[C@@]12CCCN(c3ncccn3)[C@H]1CN(Cc1ccc(Cl)cc1)C2. The molecule has 1 aromatic carbocycles. The largest absolute Gasteiger partial charge is 0.348 e. The molecule has 3 heterocycles. The molecule has 2 fully saturated rings. The molecule has 148 valence electrons. The second kappa shape index (κ2) is 7.68. The smallest absolute Gasteiger partial charge is 0.231 e. The predicted molar refractivity (Wildman–Crippen MR) is 110 cm³/mol. The summed E-state index contributed by atoms with van der Waals surface area (Å²) < 4.78 is 0. The Morgan fingerprint density at radius 1 is 1.25 bits per heavy atom. The van der Waals surface area contributed by atoms with Crippen LogP contribution < -0.4 is 4.90 Å². The van der Waals surface area contributed by atoms with Gasteiger partial charge in [-0.25, -0.2) is 9.97 Å². The number of hydrogen-bond acceptors (Lipinski definition) is 5. The molecule has 0 unspecified atom stereocenters. The normalized spacial score (nSPS) is 24.8. The van der Waals surface area contributed by atoms with Crippen molar-refractivity contribution in [1.29, 1.82) is 0 Å². The van der Waals surface area contributed by atoms with Gasteiger partial charge >= 0.3 is 0 Å². The van der Waals surface area contributed by atoms with E-state index in [9.17, 15) is 4.79 Å². The number of anilines is 1. The fraction of sp³-hybridized carbons (Fsp3) is 0.476. The van der Waals surface area contributed by atoms with Gasteiger partial charge in [-0.3, -0.25) is 9.69 Å². The van der Waals surface area contributed by atoms with Crippen LogP contribution in [0.3, 0.4) is 0 Å². The lowest BCUT2D eigenvalue weighted by Crippen LogP contribution is -2.58. The summed E-state index contributed by atoms with van der Waals surface area (Å²) in [6.45, 7) is 3.26. The lowest BCUT2D eigenvalue weighted by molar-refractivity contribution is -0.140. The quantitative estimate of drug-likeness (QED) is 0.791. The summed E-state index contributed by atoms with van der Waals surface area (Å²) in [6, 6.07) is 9.86. The van der Waals surface area contributed by atoms with Gasteiger partial charge in [0.05, 0.1) is 11.5 Å². The molecular formula is C21H26ClN5O. The number of piperidine rings is 1. The molecule has 1 aromatic heterocycles. The van der Waals surface area contributed by atoms with Crippen molar-refractivity contribution in [3.8, 4) is 0 Å². The van der Waals surface area contributed by atoms with Gasteiger partial charge in [-0.2, -0.15) is 0 Å². The minimum absolute atomic E-state index is 0.0749. The van der Waals surface area contributed by atoms with Crippen LogP contribution >= 0.6 is 11.6 Å². The fourth-order valence-electron chi connectivity index (χ4n) is 4.76. The molecule has 2 aromatic rings. The first-order valence-corrected chi connectivity index (χ1v) is 10.1. The number of hydrogen-bond donors (Lipinski definition) is 0. The maximum atomic E-state index is 13.3. The van der Waals surface area contributed by atoms with Crippen molar-refractivity contribution >= 4 is 23.5 Å². The predicted octanol–water partition coefficient (Wildman–Crippen LogP) is 2.69. The molecule has 0 saturated carbocycles. The van der Waals surface area contributed by atoms with Gasteiger partial charge < -0.3 is 9.80 Å². The van der Waals surface area contributed by atoms with Crippen molar-refractivity contribution in [2.24, 2.45) is 5.41 Å². The zero-order valence-electron chi connectivity index (χ0n) is 16.4. The number of carbonyl (C=O) groups is 1. The molecule has 4 rings (SSSR count). The van der Waals surface area contributed by atoms with E-state index in [0.717, 1.165) is 50.0 Å². The first kappa shape index (κ1) is 19.2. The molecule has 2 aliphatic rings. The van der Waals surface area contributed by atoms with E-state index in [1.54, 1.807) is 17.3 Å². The molecule has 0 bridgehead atoms. The van der Waals surface area contributed by atoms with Gasteiger partial charge in [-0.05, 0) is 36.6 Å². The van der Waals surface area contributed by atoms with Crippen LogP contribution in [0.5, 0.6) is 0 Å². The van der Waals surface area contributed by atoms with E-state index in [2.05, 4.69) is 31.9 Å². The average Bonchev–Trinajstić information content (AvgIpc) is 3.09. The third-order valence-corrected chi connectivity index (χ3v) is 6.19. The van der Waals surface area contributed by atoms with Crippen LogP contribution in [-0.2, 0) is 11.3 Å². The molecule has 2 aliphatic heterocycles. The highest BCUT2D eigenvalue weighted by molar-refractivity contribution is 6.30. The van der Waals surface area contributed by atoms with Crippen LogP contribution in [-0.4, -0.2) is 65.4 Å². The Balaban J connectivity index is 1.64. The van der Waals surface area contributed by atoms with Crippen LogP contribution in [0.4, 0.5) is 5.95 Å². The van der Waals surface area contributed by atoms with Crippen LogP contribution in [0, 0.1) is 5.41 Å². The second-order valence-electron chi connectivity index (χ2n) is 8.01. The van der Waals surface area contributed by atoms with Gasteiger partial charge in [0.1, 0.15) is 0 Å². The Hall–Kier alpha value is -2.18. The number of benzene rings is 1. The highest BCUT2D eigenvalue weighted by Crippen LogP contribution is 2.44. The van der Waals surface area contributed by atoms with E-state index in [-0.39, 0.29) is 11.9 Å². The maximum Gasteiger partial charge on any atom is 0.231 e. The second-order valence-corrected chi connectivity index (χ2v) is 8.45. The van der Waals surface area contributed by atoms with E-state index in [1.807, 2.05) is 32.3 Å². The monoisotopic (exact) mass is 399 g/mol. The Kier molecular flexibility index (Phi) is 5.25. The summed E-state index contributed by atoms with van der Waals surface area (Å²) in [6.07, 6.45) is 5.40. The topological polar surface area (TPSA) is 52.6 Å². The maximum absolute atomic E-state index is 13.3. The number of rotatable bonds is 4. The average molecular weight is 400 g/mol. The third-order valence-electron chi connectivity index (χ3n) is 5.93. The molecule has 0 N–H and O–H groups in total. The number of aromatic nitrogens is 2. The van der Waals surface area contributed by atoms with Gasteiger partial charge in [0.25, 0.3) is 0 Å². The lowest BCUT2D eigenvalue weighted by atomic mass is 9.74. The number of nitrogens with zero attached hydrogens (tertiary/aromatic N) is 5. The number of carbonyl (C=O) groups excluding carboxylic acids is 1. The molecule has 1 amide bonds. The summed E-state index contributed by atoms with van der Waals surface area (Å²) in [7, 11) is 3.71. The van der Waals surface area contributed by atoms with Crippen LogP contribution in [0.1, 0.15) is 18.4 Å². The van der Waals surface area contributed by atoms with Crippen LogP contribution in [0.2, 0.25) is 5.02 Å². The van der Waals surface area contributed by atoms with Gasteiger partial charge in [0.15, 0.2) is 0 Å². The number of likely N-dealkylation sites (tertiary alicyclic amines) is 1. The molecule has 2 atom stereocenters. The lowest BCUT2D eigenvalue weighted by Gasteiger charge is -2.45. The first-order chi connectivity index (χ1) is 13.5. The van der Waals surface area contributed by atoms with E-state index < -0.39 is 5.41 Å². The Morgan fingerprint density at radius 2 is 1.96 bits per heavy atom. The van der Waals surface area contributed by atoms with Gasteiger partial charge in [-0.15, -0.1) is 0 Å². The summed E-state index contributed by atoms with van der Waals surface area (Å²) in [5, 5.41) is 0.741. The molecule has 6 nitrogen and oxygen atoms in total. The van der Waals surface area contributed by atoms with Crippen molar-refractivity contribution in [2.75, 3.05) is 38.6 Å². The van der Waals surface area contributed by atoms with Crippen LogP contribution in [0.15, 0.2) is 42.7 Å². The summed E-state index contributed by atoms with van der Waals surface area (Å²) in [5.41, 5.74) is 0.783. The minimum Gasteiger partial charge on any atom is -0.348 e. The van der Waals surface area contributed by atoms with E-state index in [0.29, 0.717) is 0 Å². The zero-order valence-corrected chi connectivity index (χ0v) is 17.1. The molecule has 0 spiro atoms. The molecular weight excluding hydrogens is 374 g/mol. The number of halogens is 1. The fourth-order valence-corrected chi connectivity index (χ4v) is 4.89. The zero-order chi connectivity index (χ0) is 19.7. The van der Waals surface area contributed by atoms with E-state index in [1.165, 1.54) is 5.56 Å². The molecule has 28 heavy (non-hydrogen) atoms. The van der Waals surface area contributed by atoms with Crippen molar-refractivity contribution in [1.82, 2.24) is 19.8 Å². The Morgan fingerprint density at radius 3 is 2.64 bits per heavy atom. The molecule has 2 saturated heterocycles. The van der Waals surface area contributed by atoms with Gasteiger partial charge in [0.2, 0.25) is 11.9 Å². The highest BCUT2D eigenvalue weighted by Gasteiger charge is 2.56. The standard InChI is InChI=1S/C21H26ClN5O/c1-25(2)19(28)21-9-3-12-27(20-23-10-4-11-24-20)18(21)14-26(15-21)13-16-5-7-17(22)8-6-16/h4-8,10-11,18H,3,9,12-15H2,1-2H3/t18-,21+/m0/s1. The van der Waals surface area contributed by atoms with Gasteiger partial charge in [0, 0.05) is 57.7 Å². The van der Waals surface area contributed by atoms with E-state index >= 15 is 0 Å². The number of amides is 1. The van der Waals surface area contributed by atoms with Crippen LogP contribution in [0.25, 0.3) is 0 Å². The van der Waals surface area contributed by atoms with Crippen molar-refractivity contribution in [3.05, 3.63) is 53.3 Å². The summed E-state index contributed by atoms with van der Waals surface area (Å²) in [4.78, 5) is 28.7. The van der Waals surface area contributed by atoms with Crippen molar-refractivity contribution in [2.45, 2.75) is 25.4 Å². The van der Waals surface area contributed by atoms with E-state index in [4.69, 9.17) is 11.6 Å². The summed E-state index contributed by atoms with van der Waals surface area (Å²) in [5.74, 6) is 0.924. The molecule has 0 radical (unpaired) electrons. The Labute approximate surface area is 171 Å². The first-order valence-electron chi connectivity index (χ1n) is 9.72. The van der Waals surface area contributed by atoms with Gasteiger partial charge in [-0.1, -0.05) is 23.7 Å². The minimum atomic E-state index is -0.423. The molecule has 7 heteroatoms. The third kappa shape index (κ3) is 3.47. The number of fused-ring (bicyclic) bond motifs is 1. The van der Waals surface area contributed by atoms with Crippen molar-refractivity contribution in [3.63, 3.8) is 0 Å². The molecule has 0 aliphatic carbocycles. The van der Waals surface area contributed by atoms with Crippen molar-refractivity contribution < 1.29 is 4.79 Å². The Bertz CT molecular complexity index is 828. The summed E-state index contributed by atoms with van der Waals surface area (Å²) >= 11 is 6.03.